The summed E-state index contributed by atoms with van der Waals surface area (Å²) in [6.07, 6.45) is 4.69. The van der Waals surface area contributed by atoms with E-state index >= 15 is 0 Å². The van der Waals surface area contributed by atoms with Crippen LogP contribution in [-0.4, -0.2) is 11.5 Å². The van der Waals surface area contributed by atoms with Crippen LogP contribution in [0, 0.1) is 19.8 Å². The van der Waals surface area contributed by atoms with Gasteiger partial charge in [-0.2, -0.15) is 0 Å². The Morgan fingerprint density at radius 2 is 2.20 bits per heavy atom. The molecule has 2 rings (SSSR count). The lowest BCUT2D eigenvalue weighted by Gasteiger charge is -2.18. The van der Waals surface area contributed by atoms with E-state index in [1.165, 1.54) is 29.7 Å². The highest BCUT2D eigenvalue weighted by atomic mass is 15.0. The second kappa shape index (κ2) is 4.31. The molecule has 0 radical (unpaired) electrons. The highest BCUT2D eigenvalue weighted by Gasteiger charge is 2.33. The summed E-state index contributed by atoms with van der Waals surface area (Å²) < 4.78 is 0. The molecular formula is C13H20N2. The molecule has 1 N–H and O–H groups in total. The molecule has 1 aromatic heterocycles. The zero-order valence-electron chi connectivity index (χ0n) is 9.88. The highest BCUT2D eigenvalue weighted by Crippen LogP contribution is 2.41. The molecule has 1 aliphatic carbocycles. The van der Waals surface area contributed by atoms with E-state index in [1.807, 2.05) is 6.20 Å². The number of nitrogens with one attached hydrogen (secondary N) is 1. The lowest BCUT2D eigenvalue weighted by atomic mass is 10.0. The lowest BCUT2D eigenvalue weighted by Crippen LogP contribution is -2.24. The average Bonchev–Trinajstić information content (AvgIpc) is 2.98. The standard InChI is InChI=1S/C13H20N2/c1-4-14-13(11-5-6-11)12-10(3)7-9(2)8-15-12/h7-8,11,13-14H,4-6H2,1-3H3. The van der Waals surface area contributed by atoms with E-state index in [-0.39, 0.29) is 0 Å². The third kappa shape index (κ3) is 2.37. The maximum atomic E-state index is 4.60. The van der Waals surface area contributed by atoms with Gasteiger partial charge in [0.05, 0.1) is 11.7 Å². The van der Waals surface area contributed by atoms with Gasteiger partial charge in [-0.1, -0.05) is 13.0 Å². The molecule has 0 saturated heterocycles. The van der Waals surface area contributed by atoms with Crippen LogP contribution in [0.1, 0.15) is 42.6 Å². The van der Waals surface area contributed by atoms with E-state index in [2.05, 4.69) is 37.1 Å². The van der Waals surface area contributed by atoms with Gasteiger partial charge in [-0.3, -0.25) is 4.98 Å². The van der Waals surface area contributed by atoms with Gasteiger partial charge in [-0.15, -0.1) is 0 Å². The zero-order valence-corrected chi connectivity index (χ0v) is 9.88. The molecule has 1 saturated carbocycles. The first-order chi connectivity index (χ1) is 7.22. The number of hydrogen-bond donors (Lipinski definition) is 1. The monoisotopic (exact) mass is 204 g/mol. The Morgan fingerprint density at radius 1 is 1.47 bits per heavy atom. The molecule has 1 fully saturated rings. The quantitative estimate of drug-likeness (QED) is 0.815. The minimum Gasteiger partial charge on any atom is -0.309 e. The molecule has 0 aromatic carbocycles. The number of rotatable bonds is 4. The van der Waals surface area contributed by atoms with Crippen molar-refractivity contribution in [1.82, 2.24) is 10.3 Å². The molecule has 0 amide bonds. The van der Waals surface area contributed by atoms with E-state index in [0.29, 0.717) is 6.04 Å². The minimum absolute atomic E-state index is 0.482. The fourth-order valence-electron chi connectivity index (χ4n) is 2.19. The first-order valence-corrected chi connectivity index (χ1v) is 5.89. The van der Waals surface area contributed by atoms with Crippen molar-refractivity contribution in [2.75, 3.05) is 6.54 Å². The summed E-state index contributed by atoms with van der Waals surface area (Å²) in [7, 11) is 0. The molecule has 1 atom stereocenters. The fourth-order valence-corrected chi connectivity index (χ4v) is 2.19. The Labute approximate surface area is 92.1 Å². The molecular weight excluding hydrogens is 184 g/mol. The normalized spacial score (nSPS) is 17.8. The van der Waals surface area contributed by atoms with Gasteiger partial charge in [0, 0.05) is 6.20 Å². The highest BCUT2D eigenvalue weighted by molar-refractivity contribution is 5.26. The van der Waals surface area contributed by atoms with Crippen LogP contribution in [0.4, 0.5) is 0 Å². The molecule has 1 aromatic rings. The van der Waals surface area contributed by atoms with Gasteiger partial charge in [-0.25, -0.2) is 0 Å². The number of aromatic nitrogens is 1. The molecule has 0 aliphatic heterocycles. The smallest absolute Gasteiger partial charge is 0.0605 e. The summed E-state index contributed by atoms with van der Waals surface area (Å²) in [5.41, 5.74) is 3.83. The van der Waals surface area contributed by atoms with Gasteiger partial charge in [0.1, 0.15) is 0 Å². The Hall–Kier alpha value is -0.890. The molecule has 2 heteroatoms. The third-order valence-electron chi connectivity index (χ3n) is 3.07. The van der Waals surface area contributed by atoms with Crippen LogP contribution in [0.5, 0.6) is 0 Å². The molecule has 82 valence electrons. The van der Waals surface area contributed by atoms with E-state index < -0.39 is 0 Å². The minimum atomic E-state index is 0.482. The van der Waals surface area contributed by atoms with E-state index in [1.54, 1.807) is 0 Å². The van der Waals surface area contributed by atoms with Crippen LogP contribution < -0.4 is 5.32 Å². The van der Waals surface area contributed by atoms with Crippen LogP contribution in [0.2, 0.25) is 0 Å². The van der Waals surface area contributed by atoms with Crippen LogP contribution in [0.3, 0.4) is 0 Å². The Morgan fingerprint density at radius 3 is 2.73 bits per heavy atom. The van der Waals surface area contributed by atoms with Crippen molar-refractivity contribution in [3.05, 3.63) is 29.1 Å². The number of hydrogen-bond acceptors (Lipinski definition) is 2. The SMILES string of the molecule is CCNC(c1ncc(C)cc1C)C1CC1. The first-order valence-electron chi connectivity index (χ1n) is 5.89. The molecule has 1 unspecified atom stereocenters. The van der Waals surface area contributed by atoms with E-state index in [4.69, 9.17) is 0 Å². The number of aryl methyl sites for hydroxylation is 2. The van der Waals surface area contributed by atoms with Crippen molar-refractivity contribution < 1.29 is 0 Å². The van der Waals surface area contributed by atoms with Crippen molar-refractivity contribution in [3.63, 3.8) is 0 Å². The predicted molar refractivity (Wildman–Crippen MR) is 62.9 cm³/mol. The van der Waals surface area contributed by atoms with Crippen molar-refractivity contribution >= 4 is 0 Å². The summed E-state index contributed by atoms with van der Waals surface area (Å²) >= 11 is 0. The Kier molecular flexibility index (Phi) is 3.06. The largest absolute Gasteiger partial charge is 0.309 e. The summed E-state index contributed by atoms with van der Waals surface area (Å²) in [6, 6.07) is 2.71. The van der Waals surface area contributed by atoms with Gasteiger partial charge < -0.3 is 5.32 Å². The maximum Gasteiger partial charge on any atom is 0.0605 e. The van der Waals surface area contributed by atoms with Crippen molar-refractivity contribution in [2.45, 2.75) is 39.7 Å². The van der Waals surface area contributed by atoms with Gasteiger partial charge in [0.15, 0.2) is 0 Å². The Bertz CT molecular complexity index is 342. The molecule has 15 heavy (non-hydrogen) atoms. The van der Waals surface area contributed by atoms with Crippen LogP contribution in [0.15, 0.2) is 12.3 Å². The average molecular weight is 204 g/mol. The second-order valence-electron chi connectivity index (χ2n) is 4.59. The summed E-state index contributed by atoms with van der Waals surface area (Å²) in [6.45, 7) is 7.46. The maximum absolute atomic E-state index is 4.60. The summed E-state index contributed by atoms with van der Waals surface area (Å²) in [4.78, 5) is 4.60. The molecule has 1 heterocycles. The summed E-state index contributed by atoms with van der Waals surface area (Å²) in [5, 5.41) is 3.56. The molecule has 0 bridgehead atoms. The van der Waals surface area contributed by atoms with Crippen LogP contribution in [-0.2, 0) is 0 Å². The van der Waals surface area contributed by atoms with Crippen molar-refractivity contribution in [3.8, 4) is 0 Å². The van der Waals surface area contributed by atoms with E-state index in [9.17, 15) is 0 Å². The zero-order chi connectivity index (χ0) is 10.8. The Balaban J connectivity index is 2.24. The number of pyridine rings is 1. The van der Waals surface area contributed by atoms with Crippen LogP contribution >= 0.6 is 0 Å². The lowest BCUT2D eigenvalue weighted by molar-refractivity contribution is 0.482. The van der Waals surface area contributed by atoms with Crippen molar-refractivity contribution in [2.24, 2.45) is 5.92 Å². The third-order valence-corrected chi connectivity index (χ3v) is 3.07. The van der Waals surface area contributed by atoms with Gasteiger partial charge >= 0.3 is 0 Å². The molecule has 1 aliphatic rings. The molecule has 0 spiro atoms. The molecule has 2 nitrogen and oxygen atoms in total. The number of nitrogens with zero attached hydrogens (tertiary/aromatic N) is 1. The van der Waals surface area contributed by atoms with Gasteiger partial charge in [0.2, 0.25) is 0 Å². The van der Waals surface area contributed by atoms with E-state index in [0.717, 1.165) is 12.5 Å². The predicted octanol–water partition coefficient (Wildman–Crippen LogP) is 2.76. The van der Waals surface area contributed by atoms with Crippen LogP contribution in [0.25, 0.3) is 0 Å². The van der Waals surface area contributed by atoms with Gasteiger partial charge in [0.25, 0.3) is 0 Å². The van der Waals surface area contributed by atoms with Crippen molar-refractivity contribution in [1.29, 1.82) is 0 Å². The topological polar surface area (TPSA) is 24.9 Å². The first kappa shape index (κ1) is 10.6. The summed E-state index contributed by atoms with van der Waals surface area (Å²) in [5.74, 6) is 0.818. The second-order valence-corrected chi connectivity index (χ2v) is 4.59. The fraction of sp³-hybridized carbons (Fsp3) is 0.615. The van der Waals surface area contributed by atoms with Gasteiger partial charge in [-0.05, 0) is 50.3 Å².